The Bertz CT molecular complexity index is 989. The molecule has 4 nitrogen and oxygen atoms in total. The molecule has 2 aromatic carbocycles. The molecule has 4 heteroatoms. The number of nitrogens with zero attached hydrogens (tertiary/aromatic N) is 1. The van der Waals surface area contributed by atoms with Crippen molar-refractivity contribution in [3.63, 3.8) is 0 Å². The minimum Gasteiger partial charge on any atom is -0.497 e. The van der Waals surface area contributed by atoms with Crippen LogP contribution in [0.1, 0.15) is 48.3 Å². The summed E-state index contributed by atoms with van der Waals surface area (Å²) < 4.78 is 5.36. The molecule has 0 fully saturated rings. The third-order valence-electron chi connectivity index (χ3n) is 5.99. The number of ether oxygens (including phenoxy) is 1. The van der Waals surface area contributed by atoms with Crippen LogP contribution in [0.3, 0.4) is 0 Å². The third kappa shape index (κ3) is 3.03. The van der Waals surface area contributed by atoms with Crippen molar-refractivity contribution in [3.8, 4) is 5.75 Å². The summed E-state index contributed by atoms with van der Waals surface area (Å²) in [6.07, 6.45) is 2.39. The summed E-state index contributed by atoms with van der Waals surface area (Å²) in [4.78, 5) is 28.1. The van der Waals surface area contributed by atoms with Gasteiger partial charge in [0.15, 0.2) is 5.78 Å². The lowest BCUT2D eigenvalue weighted by Gasteiger charge is -2.39. The average molecular weight is 375 g/mol. The van der Waals surface area contributed by atoms with Gasteiger partial charge in [-0.1, -0.05) is 24.3 Å². The number of carbonyl (C=O) groups is 2. The maximum Gasteiger partial charge on any atom is 0.232 e. The van der Waals surface area contributed by atoms with Crippen LogP contribution >= 0.6 is 0 Å². The Morgan fingerprint density at radius 2 is 1.82 bits per heavy atom. The summed E-state index contributed by atoms with van der Waals surface area (Å²) in [6, 6.07) is 13.7. The van der Waals surface area contributed by atoms with E-state index in [0.29, 0.717) is 12.8 Å². The van der Waals surface area contributed by atoms with Crippen molar-refractivity contribution in [1.29, 1.82) is 0 Å². The second kappa shape index (κ2) is 7.27. The Balaban J connectivity index is 1.88. The number of carbonyl (C=O) groups excluding carboxylic acids is 2. The largest absolute Gasteiger partial charge is 0.497 e. The highest BCUT2D eigenvalue weighted by Gasteiger charge is 2.40. The molecule has 0 saturated heterocycles. The normalized spacial score (nSPS) is 19.7. The van der Waals surface area contributed by atoms with Crippen molar-refractivity contribution in [2.45, 2.75) is 45.4 Å². The maximum atomic E-state index is 13.3. The van der Waals surface area contributed by atoms with E-state index in [2.05, 4.69) is 0 Å². The summed E-state index contributed by atoms with van der Waals surface area (Å²) >= 11 is 0. The zero-order valence-electron chi connectivity index (χ0n) is 16.6. The van der Waals surface area contributed by atoms with E-state index in [-0.39, 0.29) is 17.6 Å². The van der Waals surface area contributed by atoms with Gasteiger partial charge in [-0.2, -0.15) is 0 Å². The summed E-state index contributed by atoms with van der Waals surface area (Å²) in [5.41, 5.74) is 5.78. The number of benzene rings is 2. The quantitative estimate of drug-likeness (QED) is 0.771. The van der Waals surface area contributed by atoms with E-state index in [1.165, 1.54) is 0 Å². The van der Waals surface area contributed by atoms with Crippen molar-refractivity contribution in [2.24, 2.45) is 0 Å². The number of rotatable bonds is 3. The molecule has 4 rings (SSSR count). The Morgan fingerprint density at radius 3 is 2.61 bits per heavy atom. The predicted molar refractivity (Wildman–Crippen MR) is 110 cm³/mol. The molecule has 28 heavy (non-hydrogen) atoms. The van der Waals surface area contributed by atoms with Gasteiger partial charge in [0.1, 0.15) is 5.75 Å². The first-order valence-corrected chi connectivity index (χ1v) is 9.80. The standard InChI is InChI=1S/C24H25NO3/c1-15-7-4-10-20(16(15)2)25-21-11-6-12-22(26)24(21)19(14-23(25)27)17-8-5-9-18(13-17)28-3/h4-5,7-10,13,19H,6,11-12,14H2,1-3H3. The Kier molecular flexibility index (Phi) is 4.80. The molecule has 1 amide bonds. The number of methoxy groups -OCH3 is 1. The van der Waals surface area contributed by atoms with E-state index in [9.17, 15) is 9.59 Å². The molecule has 1 atom stereocenters. The fourth-order valence-electron chi connectivity index (χ4n) is 4.39. The number of hydrogen-bond acceptors (Lipinski definition) is 3. The molecule has 0 radical (unpaired) electrons. The second-order valence-electron chi connectivity index (χ2n) is 7.62. The molecule has 1 aliphatic heterocycles. The Morgan fingerprint density at radius 1 is 1.04 bits per heavy atom. The van der Waals surface area contributed by atoms with Crippen LogP contribution < -0.4 is 9.64 Å². The highest BCUT2D eigenvalue weighted by atomic mass is 16.5. The fourth-order valence-corrected chi connectivity index (χ4v) is 4.39. The van der Waals surface area contributed by atoms with Gasteiger partial charge in [0, 0.05) is 30.0 Å². The first-order chi connectivity index (χ1) is 13.5. The van der Waals surface area contributed by atoms with Crippen molar-refractivity contribution in [2.75, 3.05) is 12.0 Å². The van der Waals surface area contributed by atoms with Gasteiger partial charge in [0.05, 0.1) is 12.8 Å². The van der Waals surface area contributed by atoms with Crippen LogP contribution in [0, 0.1) is 13.8 Å². The number of amides is 1. The van der Waals surface area contributed by atoms with Crippen LogP contribution in [-0.4, -0.2) is 18.8 Å². The third-order valence-corrected chi connectivity index (χ3v) is 5.99. The summed E-state index contributed by atoms with van der Waals surface area (Å²) in [7, 11) is 1.63. The van der Waals surface area contributed by atoms with Gasteiger partial charge in [-0.15, -0.1) is 0 Å². The summed E-state index contributed by atoms with van der Waals surface area (Å²) in [5.74, 6) is 0.755. The Labute approximate surface area is 165 Å². The topological polar surface area (TPSA) is 46.6 Å². The number of allylic oxidation sites excluding steroid dienone is 2. The molecule has 0 spiro atoms. The van der Waals surface area contributed by atoms with Crippen LogP contribution in [0.2, 0.25) is 0 Å². The molecule has 1 heterocycles. The first kappa shape index (κ1) is 18.5. The number of aryl methyl sites for hydroxylation is 1. The van der Waals surface area contributed by atoms with E-state index in [4.69, 9.17) is 4.74 Å². The predicted octanol–water partition coefficient (Wildman–Crippen LogP) is 4.84. The van der Waals surface area contributed by atoms with Crippen molar-refractivity contribution in [1.82, 2.24) is 0 Å². The lowest BCUT2D eigenvalue weighted by atomic mass is 9.77. The Hall–Kier alpha value is -2.88. The van der Waals surface area contributed by atoms with Gasteiger partial charge in [0.25, 0.3) is 0 Å². The molecule has 2 aliphatic rings. The maximum absolute atomic E-state index is 13.3. The zero-order chi connectivity index (χ0) is 19.8. The smallest absolute Gasteiger partial charge is 0.232 e. The second-order valence-corrected chi connectivity index (χ2v) is 7.62. The molecule has 0 bridgehead atoms. The molecule has 144 valence electrons. The molecule has 1 aliphatic carbocycles. The number of Topliss-reactive ketones (excluding diaryl/α,β-unsaturated/α-hetero) is 1. The van der Waals surface area contributed by atoms with Crippen LogP contribution in [-0.2, 0) is 9.59 Å². The van der Waals surface area contributed by atoms with E-state index >= 15 is 0 Å². The monoisotopic (exact) mass is 375 g/mol. The molecular weight excluding hydrogens is 350 g/mol. The van der Waals surface area contributed by atoms with E-state index in [1.54, 1.807) is 7.11 Å². The minimum atomic E-state index is -0.202. The lowest BCUT2D eigenvalue weighted by molar-refractivity contribution is -0.119. The highest BCUT2D eigenvalue weighted by Crippen LogP contribution is 2.44. The van der Waals surface area contributed by atoms with E-state index in [0.717, 1.165) is 52.2 Å². The summed E-state index contributed by atoms with van der Waals surface area (Å²) in [6.45, 7) is 4.09. The van der Waals surface area contributed by atoms with Gasteiger partial charge in [-0.05, 0) is 61.6 Å². The molecule has 0 saturated carbocycles. The highest BCUT2D eigenvalue weighted by molar-refractivity contribution is 6.07. The lowest BCUT2D eigenvalue weighted by Crippen LogP contribution is -2.41. The minimum absolute atomic E-state index is 0.0509. The van der Waals surface area contributed by atoms with Crippen molar-refractivity contribution < 1.29 is 14.3 Å². The molecule has 0 aromatic heterocycles. The molecule has 1 unspecified atom stereocenters. The molecule has 2 aromatic rings. The number of hydrogen-bond donors (Lipinski definition) is 0. The van der Waals surface area contributed by atoms with Gasteiger partial charge in [-0.3, -0.25) is 14.5 Å². The van der Waals surface area contributed by atoms with Crippen molar-refractivity contribution in [3.05, 3.63) is 70.4 Å². The van der Waals surface area contributed by atoms with Crippen LogP contribution in [0.5, 0.6) is 5.75 Å². The number of anilines is 1. The SMILES string of the molecule is COc1cccc(C2CC(=O)N(c3cccc(C)c3C)C3=C2C(=O)CCC3)c1. The first-order valence-electron chi connectivity index (χ1n) is 9.80. The molecular formula is C24H25NO3. The number of ketones is 1. The zero-order valence-corrected chi connectivity index (χ0v) is 16.6. The van der Waals surface area contributed by atoms with Crippen LogP contribution in [0.4, 0.5) is 5.69 Å². The van der Waals surface area contributed by atoms with Crippen LogP contribution in [0.15, 0.2) is 53.7 Å². The van der Waals surface area contributed by atoms with E-state index in [1.807, 2.05) is 61.2 Å². The molecule has 0 N–H and O–H groups in total. The van der Waals surface area contributed by atoms with Crippen LogP contribution in [0.25, 0.3) is 0 Å². The fraction of sp³-hybridized carbons (Fsp3) is 0.333. The van der Waals surface area contributed by atoms with Gasteiger partial charge in [-0.25, -0.2) is 0 Å². The van der Waals surface area contributed by atoms with Gasteiger partial charge < -0.3 is 4.74 Å². The summed E-state index contributed by atoms with van der Waals surface area (Å²) in [5, 5.41) is 0. The van der Waals surface area contributed by atoms with Crippen molar-refractivity contribution >= 4 is 17.4 Å². The van der Waals surface area contributed by atoms with E-state index < -0.39 is 0 Å². The van der Waals surface area contributed by atoms with Gasteiger partial charge >= 0.3 is 0 Å². The average Bonchev–Trinajstić information content (AvgIpc) is 2.70. The van der Waals surface area contributed by atoms with Gasteiger partial charge in [0.2, 0.25) is 5.91 Å².